The normalized spacial score (nSPS) is 21.8. The van der Waals surface area contributed by atoms with E-state index in [1.54, 1.807) is 0 Å². The Morgan fingerprint density at radius 1 is 1.38 bits per heavy atom. The summed E-state index contributed by atoms with van der Waals surface area (Å²) in [5, 5.41) is 18.3. The van der Waals surface area contributed by atoms with Gasteiger partial charge in [0.1, 0.15) is 5.82 Å². The van der Waals surface area contributed by atoms with Crippen LogP contribution in [0.3, 0.4) is 0 Å². The summed E-state index contributed by atoms with van der Waals surface area (Å²) in [5.41, 5.74) is 0. The van der Waals surface area contributed by atoms with Crippen LogP contribution in [0.25, 0.3) is 0 Å². The lowest BCUT2D eigenvalue weighted by atomic mass is 10.4. The zero-order valence-corrected chi connectivity index (χ0v) is 10.1. The van der Waals surface area contributed by atoms with Crippen LogP contribution in [0, 0.1) is 11.3 Å². The van der Waals surface area contributed by atoms with Crippen LogP contribution < -0.4 is 0 Å². The molecule has 1 heterocycles. The lowest BCUT2D eigenvalue weighted by molar-refractivity contribution is 0.626. The minimum atomic E-state index is -0.0475. The van der Waals surface area contributed by atoms with Crippen molar-refractivity contribution in [2.75, 3.05) is 0 Å². The van der Waals surface area contributed by atoms with E-state index in [2.05, 4.69) is 20.8 Å². The maximum Gasteiger partial charge on any atom is 0.192 e. The molecule has 1 aromatic heterocycles. The van der Waals surface area contributed by atoms with Crippen molar-refractivity contribution < 1.29 is 0 Å². The van der Waals surface area contributed by atoms with Crippen LogP contribution in [0.5, 0.6) is 0 Å². The fourth-order valence-corrected chi connectivity index (χ4v) is 2.66. The van der Waals surface area contributed by atoms with Crippen LogP contribution >= 0.6 is 11.8 Å². The van der Waals surface area contributed by atoms with E-state index in [4.69, 9.17) is 5.26 Å². The summed E-state index contributed by atoms with van der Waals surface area (Å²) >= 11 is 1.53. The zero-order valence-electron chi connectivity index (χ0n) is 9.26. The summed E-state index contributed by atoms with van der Waals surface area (Å²) in [6.45, 7) is 1.91. The number of nitrogens with zero attached hydrogens (tertiary/aromatic N) is 4. The summed E-state index contributed by atoms with van der Waals surface area (Å²) in [5.74, 6) is 1.80. The molecule has 5 heteroatoms. The molecule has 0 aromatic carbocycles. The third-order valence-corrected chi connectivity index (χ3v) is 3.96. The number of rotatable bonds is 4. The van der Waals surface area contributed by atoms with Crippen LogP contribution in [-0.2, 0) is 0 Å². The van der Waals surface area contributed by atoms with Gasteiger partial charge in [-0.25, -0.2) is 0 Å². The molecule has 1 aromatic rings. The first-order chi connectivity index (χ1) is 7.79. The van der Waals surface area contributed by atoms with Gasteiger partial charge < -0.3 is 4.57 Å². The first-order valence-electron chi connectivity index (χ1n) is 5.80. The van der Waals surface area contributed by atoms with E-state index in [0.717, 1.165) is 11.0 Å². The van der Waals surface area contributed by atoms with Gasteiger partial charge in [-0.3, -0.25) is 0 Å². The van der Waals surface area contributed by atoms with Gasteiger partial charge >= 0.3 is 0 Å². The van der Waals surface area contributed by atoms with Gasteiger partial charge in [-0.1, -0.05) is 11.8 Å². The van der Waals surface area contributed by atoms with E-state index in [9.17, 15) is 0 Å². The molecule has 2 aliphatic carbocycles. The van der Waals surface area contributed by atoms with Crippen LogP contribution in [0.2, 0.25) is 0 Å². The molecular weight excluding hydrogens is 220 g/mol. The summed E-state index contributed by atoms with van der Waals surface area (Å²) < 4.78 is 2.29. The molecule has 2 aliphatic rings. The Morgan fingerprint density at radius 2 is 2.12 bits per heavy atom. The average Bonchev–Trinajstić information content (AvgIpc) is 3.18. The molecule has 0 radical (unpaired) electrons. The van der Waals surface area contributed by atoms with Crippen molar-refractivity contribution in [2.24, 2.45) is 0 Å². The second-order valence-electron chi connectivity index (χ2n) is 4.61. The van der Waals surface area contributed by atoms with E-state index in [-0.39, 0.29) is 5.25 Å². The Bertz CT molecular complexity index is 439. The second-order valence-corrected chi connectivity index (χ2v) is 5.91. The van der Waals surface area contributed by atoms with E-state index >= 15 is 0 Å². The molecule has 2 fully saturated rings. The molecular formula is C11H14N4S. The van der Waals surface area contributed by atoms with Crippen molar-refractivity contribution in [3.05, 3.63) is 5.82 Å². The first-order valence-corrected chi connectivity index (χ1v) is 6.68. The summed E-state index contributed by atoms with van der Waals surface area (Å²) in [7, 11) is 0. The lowest BCUT2D eigenvalue weighted by Crippen LogP contribution is -2.03. The largest absolute Gasteiger partial charge is 0.303 e. The molecule has 16 heavy (non-hydrogen) atoms. The SMILES string of the molecule is C[C@H](C#N)Sc1nnc(C2CC2)n1C1CC1. The highest BCUT2D eigenvalue weighted by molar-refractivity contribution is 8.00. The molecule has 0 unspecified atom stereocenters. The maximum atomic E-state index is 8.84. The predicted octanol–water partition coefficient (Wildman–Crippen LogP) is 2.49. The van der Waals surface area contributed by atoms with Gasteiger partial charge in [0.15, 0.2) is 5.16 Å². The molecule has 0 saturated heterocycles. The smallest absolute Gasteiger partial charge is 0.192 e. The van der Waals surface area contributed by atoms with Gasteiger partial charge in [0.2, 0.25) is 0 Å². The second kappa shape index (κ2) is 3.77. The zero-order chi connectivity index (χ0) is 11.1. The number of hydrogen-bond acceptors (Lipinski definition) is 4. The monoisotopic (exact) mass is 234 g/mol. The topological polar surface area (TPSA) is 54.5 Å². The highest BCUT2D eigenvalue weighted by atomic mass is 32.2. The average molecular weight is 234 g/mol. The summed E-state index contributed by atoms with van der Waals surface area (Å²) in [6, 6.07) is 2.85. The molecule has 3 rings (SSSR count). The Hall–Kier alpha value is -1.02. The van der Waals surface area contributed by atoms with Gasteiger partial charge in [-0.2, -0.15) is 5.26 Å². The van der Waals surface area contributed by atoms with Gasteiger partial charge in [0, 0.05) is 12.0 Å². The van der Waals surface area contributed by atoms with Gasteiger partial charge in [-0.05, 0) is 32.6 Å². The minimum absolute atomic E-state index is 0.0475. The van der Waals surface area contributed by atoms with E-state index in [1.807, 2.05) is 6.92 Å². The highest BCUT2D eigenvalue weighted by Gasteiger charge is 2.36. The minimum Gasteiger partial charge on any atom is -0.303 e. The Kier molecular flexibility index (Phi) is 2.40. The number of hydrogen-bond donors (Lipinski definition) is 0. The fourth-order valence-electron chi connectivity index (χ4n) is 1.85. The first kappa shape index (κ1) is 10.2. The standard InChI is InChI=1S/C11H14N4S/c1-7(6-12)16-11-14-13-10(8-2-3-8)15(11)9-4-5-9/h7-9H,2-5H2,1H3/t7-/m1/s1. The molecule has 0 N–H and O–H groups in total. The number of nitriles is 1. The number of thioether (sulfide) groups is 1. The highest BCUT2D eigenvalue weighted by Crippen LogP contribution is 2.46. The Morgan fingerprint density at radius 3 is 2.69 bits per heavy atom. The van der Waals surface area contributed by atoms with Crippen molar-refractivity contribution in [3.8, 4) is 6.07 Å². The maximum absolute atomic E-state index is 8.84. The van der Waals surface area contributed by atoms with E-state index in [1.165, 1.54) is 37.4 Å². The molecule has 1 atom stereocenters. The van der Waals surface area contributed by atoms with Gasteiger partial charge in [0.25, 0.3) is 0 Å². The van der Waals surface area contributed by atoms with Gasteiger partial charge in [0.05, 0.1) is 11.3 Å². The van der Waals surface area contributed by atoms with Crippen molar-refractivity contribution in [3.63, 3.8) is 0 Å². The van der Waals surface area contributed by atoms with Crippen molar-refractivity contribution in [1.29, 1.82) is 5.26 Å². The van der Waals surface area contributed by atoms with E-state index < -0.39 is 0 Å². The van der Waals surface area contributed by atoms with Crippen LogP contribution in [0.15, 0.2) is 5.16 Å². The van der Waals surface area contributed by atoms with Gasteiger partial charge in [-0.15, -0.1) is 10.2 Å². The van der Waals surface area contributed by atoms with Crippen molar-refractivity contribution in [2.45, 2.75) is 55.0 Å². The third kappa shape index (κ3) is 1.82. The molecule has 0 amide bonds. The predicted molar refractivity (Wildman–Crippen MR) is 61.2 cm³/mol. The molecule has 84 valence electrons. The van der Waals surface area contributed by atoms with Crippen LogP contribution in [0.4, 0.5) is 0 Å². The Balaban J connectivity index is 1.89. The number of aromatic nitrogens is 3. The molecule has 0 aliphatic heterocycles. The van der Waals surface area contributed by atoms with Crippen LogP contribution in [-0.4, -0.2) is 20.0 Å². The summed E-state index contributed by atoms with van der Waals surface area (Å²) in [6.07, 6.45) is 4.99. The third-order valence-electron chi connectivity index (χ3n) is 3.01. The fraction of sp³-hybridized carbons (Fsp3) is 0.727. The van der Waals surface area contributed by atoms with Crippen molar-refractivity contribution >= 4 is 11.8 Å². The molecule has 0 bridgehead atoms. The van der Waals surface area contributed by atoms with Crippen LogP contribution in [0.1, 0.15) is 50.4 Å². The molecule has 0 spiro atoms. The van der Waals surface area contributed by atoms with Crippen molar-refractivity contribution in [1.82, 2.24) is 14.8 Å². The Labute approximate surface area is 99.0 Å². The molecule has 4 nitrogen and oxygen atoms in total. The summed E-state index contributed by atoms with van der Waals surface area (Å²) in [4.78, 5) is 0. The lowest BCUT2D eigenvalue weighted by Gasteiger charge is -2.08. The van der Waals surface area contributed by atoms with E-state index in [0.29, 0.717) is 12.0 Å². The molecule has 2 saturated carbocycles. The quantitative estimate of drug-likeness (QED) is 0.751.